The number of rotatable bonds is 7. The molecule has 0 aromatic heterocycles. The Morgan fingerprint density at radius 1 is 1.14 bits per heavy atom. The van der Waals surface area contributed by atoms with Gasteiger partial charge >= 0.3 is 11.9 Å². The highest BCUT2D eigenvalue weighted by molar-refractivity contribution is 5.86. The van der Waals surface area contributed by atoms with E-state index in [1.165, 1.54) is 12.8 Å². The van der Waals surface area contributed by atoms with Crippen molar-refractivity contribution in [2.75, 3.05) is 6.61 Å². The Balaban J connectivity index is 0. The van der Waals surface area contributed by atoms with E-state index in [0.29, 0.717) is 12.2 Å². The summed E-state index contributed by atoms with van der Waals surface area (Å²) in [5.41, 5.74) is 0.0798. The fourth-order valence-electron chi connectivity index (χ4n) is 1.16. The molecule has 0 aromatic rings. The Morgan fingerprint density at radius 3 is 2.05 bits per heavy atom. The lowest BCUT2D eigenvalue weighted by Crippen LogP contribution is -2.22. The molecule has 0 aliphatic rings. The molecule has 0 saturated heterocycles. The zero-order chi connectivity index (χ0) is 16.9. The summed E-state index contributed by atoms with van der Waals surface area (Å²) in [6.07, 6.45) is 5.68. The number of ether oxygens (including phenoxy) is 2. The van der Waals surface area contributed by atoms with Gasteiger partial charge in [-0.05, 0) is 34.1 Å². The number of carbonyl (C=O) groups excluding carboxylic acids is 2. The maximum Gasteiger partial charge on any atom is 0.333 e. The Hall–Kier alpha value is -1.58. The van der Waals surface area contributed by atoms with E-state index in [0.717, 1.165) is 18.9 Å². The highest BCUT2D eigenvalue weighted by Crippen LogP contribution is 2.06. The summed E-state index contributed by atoms with van der Waals surface area (Å²) in [5.74, 6) is -0.644. The Bertz CT molecular complexity index is 337. The van der Waals surface area contributed by atoms with Gasteiger partial charge in [0.2, 0.25) is 0 Å². The molecule has 0 amide bonds. The van der Waals surface area contributed by atoms with Crippen molar-refractivity contribution in [3.8, 4) is 0 Å². The minimum Gasteiger partial charge on any atom is -0.462 e. The molecule has 0 fully saturated rings. The first-order valence-corrected chi connectivity index (χ1v) is 7.32. The Labute approximate surface area is 129 Å². The summed E-state index contributed by atoms with van der Waals surface area (Å²) in [6, 6.07) is 0. The van der Waals surface area contributed by atoms with Crippen LogP contribution in [0.5, 0.6) is 0 Å². The fourth-order valence-corrected chi connectivity index (χ4v) is 1.16. The summed E-state index contributed by atoms with van der Waals surface area (Å²) in [7, 11) is 0. The van der Waals surface area contributed by atoms with E-state index in [1.807, 2.05) is 20.8 Å². The van der Waals surface area contributed by atoms with E-state index < -0.39 is 5.60 Å². The van der Waals surface area contributed by atoms with Gasteiger partial charge in [-0.15, -0.1) is 0 Å². The van der Waals surface area contributed by atoms with Crippen molar-refractivity contribution >= 4 is 11.9 Å². The van der Waals surface area contributed by atoms with Crippen LogP contribution in [0.15, 0.2) is 24.8 Å². The lowest BCUT2D eigenvalue weighted by molar-refractivity contribution is -0.148. The summed E-state index contributed by atoms with van der Waals surface area (Å²) < 4.78 is 9.74. The van der Waals surface area contributed by atoms with Crippen LogP contribution in [0, 0.1) is 0 Å². The van der Waals surface area contributed by atoms with E-state index in [9.17, 15) is 9.59 Å². The molecule has 0 aliphatic carbocycles. The quantitative estimate of drug-likeness (QED) is 0.401. The molecule has 4 nitrogen and oxygen atoms in total. The smallest absolute Gasteiger partial charge is 0.333 e. The third-order valence-corrected chi connectivity index (χ3v) is 2.15. The molecule has 21 heavy (non-hydrogen) atoms. The van der Waals surface area contributed by atoms with E-state index in [4.69, 9.17) is 9.47 Å². The number of carbonyl (C=O) groups is 2. The lowest BCUT2D eigenvalue weighted by atomic mass is 10.2. The van der Waals surface area contributed by atoms with Crippen LogP contribution in [0.25, 0.3) is 0 Å². The molecular formula is C17H30O4. The van der Waals surface area contributed by atoms with E-state index in [2.05, 4.69) is 20.1 Å². The van der Waals surface area contributed by atoms with Crippen LogP contribution in [0.4, 0.5) is 0 Å². The van der Waals surface area contributed by atoms with Crippen molar-refractivity contribution in [1.29, 1.82) is 0 Å². The molecule has 122 valence electrons. The number of unbranched alkanes of at least 4 members (excludes halogenated alkanes) is 3. The first-order valence-electron chi connectivity index (χ1n) is 7.32. The summed E-state index contributed by atoms with van der Waals surface area (Å²) >= 11 is 0. The number of hydrogen-bond acceptors (Lipinski definition) is 4. The van der Waals surface area contributed by atoms with Crippen molar-refractivity contribution in [1.82, 2.24) is 0 Å². The van der Waals surface area contributed by atoms with Gasteiger partial charge in [-0.25, -0.2) is 9.59 Å². The molecule has 0 aliphatic heterocycles. The van der Waals surface area contributed by atoms with Gasteiger partial charge < -0.3 is 9.47 Å². The largest absolute Gasteiger partial charge is 0.462 e. The summed E-state index contributed by atoms with van der Waals surface area (Å²) in [4.78, 5) is 21.3. The second-order valence-electron chi connectivity index (χ2n) is 5.71. The van der Waals surface area contributed by atoms with Crippen molar-refractivity contribution in [3.63, 3.8) is 0 Å². The molecule has 0 N–H and O–H groups in total. The minimum atomic E-state index is -0.398. The molecule has 0 spiro atoms. The predicted molar refractivity (Wildman–Crippen MR) is 86.0 cm³/mol. The number of hydrogen-bond donors (Lipinski definition) is 0. The van der Waals surface area contributed by atoms with Crippen LogP contribution in [0.2, 0.25) is 0 Å². The highest BCUT2D eigenvalue weighted by Gasteiger charge is 2.12. The minimum absolute atomic E-state index is 0.272. The molecule has 0 bridgehead atoms. The second-order valence-corrected chi connectivity index (χ2v) is 5.71. The Kier molecular flexibility index (Phi) is 12.6. The van der Waals surface area contributed by atoms with Crippen molar-refractivity contribution in [2.24, 2.45) is 0 Å². The van der Waals surface area contributed by atoms with Crippen LogP contribution >= 0.6 is 0 Å². The predicted octanol–water partition coefficient (Wildman–Crippen LogP) is 4.20. The van der Waals surface area contributed by atoms with Gasteiger partial charge in [0.05, 0.1) is 6.61 Å². The molecular weight excluding hydrogens is 268 g/mol. The third-order valence-electron chi connectivity index (χ3n) is 2.15. The molecule has 0 aromatic carbocycles. The highest BCUT2D eigenvalue weighted by atomic mass is 16.6. The SMILES string of the molecule is C=C(C)C(=O)OCCCCCC.C=CC(=O)OC(C)(C)C. The summed E-state index contributed by atoms with van der Waals surface area (Å²) in [5, 5.41) is 0. The average molecular weight is 298 g/mol. The topological polar surface area (TPSA) is 52.6 Å². The maximum absolute atomic E-state index is 10.9. The molecule has 0 radical (unpaired) electrons. The molecule has 0 saturated carbocycles. The van der Waals surface area contributed by atoms with Crippen LogP contribution < -0.4 is 0 Å². The van der Waals surface area contributed by atoms with Gasteiger partial charge in [-0.1, -0.05) is 39.3 Å². The maximum atomic E-state index is 10.9. The van der Waals surface area contributed by atoms with E-state index >= 15 is 0 Å². The standard InChI is InChI=1S/C10H18O2.C7H12O2/c1-4-5-6-7-8-12-10(11)9(2)3;1-5-6(8)9-7(2,3)4/h2,4-8H2,1,3H3;5H,1H2,2-4H3. The zero-order valence-electron chi connectivity index (χ0n) is 14.2. The van der Waals surface area contributed by atoms with Crippen molar-refractivity contribution in [3.05, 3.63) is 24.8 Å². The van der Waals surface area contributed by atoms with Crippen LogP contribution in [0.1, 0.15) is 60.3 Å². The first kappa shape index (κ1) is 21.7. The third kappa shape index (κ3) is 18.4. The van der Waals surface area contributed by atoms with Gasteiger partial charge in [-0.2, -0.15) is 0 Å². The fraction of sp³-hybridized carbons (Fsp3) is 0.647. The van der Waals surface area contributed by atoms with Gasteiger partial charge in [0.1, 0.15) is 5.60 Å². The van der Waals surface area contributed by atoms with Gasteiger partial charge in [0, 0.05) is 11.6 Å². The Morgan fingerprint density at radius 2 is 1.71 bits per heavy atom. The van der Waals surface area contributed by atoms with Crippen molar-refractivity contribution < 1.29 is 19.1 Å². The van der Waals surface area contributed by atoms with E-state index in [-0.39, 0.29) is 11.9 Å². The van der Waals surface area contributed by atoms with Gasteiger partial charge in [0.25, 0.3) is 0 Å². The molecule has 0 rings (SSSR count). The molecule has 0 heterocycles. The van der Waals surface area contributed by atoms with Crippen LogP contribution in [0.3, 0.4) is 0 Å². The summed E-state index contributed by atoms with van der Waals surface area (Å²) in [6.45, 7) is 16.6. The van der Waals surface area contributed by atoms with E-state index in [1.54, 1.807) is 6.92 Å². The van der Waals surface area contributed by atoms with Crippen LogP contribution in [-0.2, 0) is 19.1 Å². The van der Waals surface area contributed by atoms with Crippen molar-refractivity contribution in [2.45, 2.75) is 65.9 Å². The molecule has 0 atom stereocenters. The monoisotopic (exact) mass is 298 g/mol. The van der Waals surface area contributed by atoms with Gasteiger partial charge in [0.15, 0.2) is 0 Å². The van der Waals surface area contributed by atoms with Gasteiger partial charge in [-0.3, -0.25) is 0 Å². The normalized spacial score (nSPS) is 9.95. The lowest BCUT2D eigenvalue weighted by Gasteiger charge is -2.17. The second kappa shape index (κ2) is 12.2. The zero-order valence-corrected chi connectivity index (χ0v) is 14.2. The molecule has 0 unspecified atom stereocenters. The van der Waals surface area contributed by atoms with Crippen LogP contribution in [-0.4, -0.2) is 24.1 Å². The first-order chi connectivity index (χ1) is 9.64. The number of esters is 2. The molecule has 4 heteroatoms. The average Bonchev–Trinajstić information content (AvgIpc) is 2.36.